The zero-order valence-electron chi connectivity index (χ0n) is 29.4. The first-order chi connectivity index (χ1) is 27.2. The van der Waals surface area contributed by atoms with Crippen molar-refractivity contribution in [1.29, 1.82) is 0 Å². The third-order valence-electron chi connectivity index (χ3n) is 10.3. The number of fused-ring (bicyclic) bond motifs is 8. The summed E-state index contributed by atoms with van der Waals surface area (Å²) in [5.41, 5.74) is 7.61. The Bertz CT molecular complexity index is 3150. The smallest absolute Gasteiger partial charge is 0.164 e. The quantitative estimate of drug-likeness (QED) is 0.171. The van der Waals surface area contributed by atoms with E-state index in [0.29, 0.717) is 17.5 Å². The maximum absolute atomic E-state index is 6.84. The molecule has 6 heteroatoms. The van der Waals surface area contributed by atoms with Crippen molar-refractivity contribution in [2.75, 3.05) is 4.90 Å². The van der Waals surface area contributed by atoms with E-state index >= 15 is 0 Å². The molecule has 55 heavy (non-hydrogen) atoms. The first-order valence-electron chi connectivity index (χ1n) is 18.3. The number of hydrogen-bond donors (Lipinski definition) is 0. The minimum atomic E-state index is 0.614. The Hall–Kier alpha value is -7.15. The molecule has 11 aromatic rings. The Labute approximate surface area is 320 Å². The second-order valence-corrected chi connectivity index (χ2v) is 14.7. The average Bonchev–Trinajstić information content (AvgIpc) is 3.82. The number of rotatable bonds is 6. The number of furan rings is 1. The van der Waals surface area contributed by atoms with Gasteiger partial charge in [-0.15, -0.1) is 11.3 Å². The molecule has 0 saturated carbocycles. The van der Waals surface area contributed by atoms with Crippen molar-refractivity contribution in [2.45, 2.75) is 0 Å². The lowest BCUT2D eigenvalue weighted by atomic mass is 9.99. The van der Waals surface area contributed by atoms with Gasteiger partial charge in [-0.05, 0) is 60.0 Å². The van der Waals surface area contributed by atoms with Crippen LogP contribution in [0.5, 0.6) is 0 Å². The maximum atomic E-state index is 6.84. The molecule has 0 atom stereocenters. The fourth-order valence-electron chi connectivity index (χ4n) is 7.72. The van der Waals surface area contributed by atoms with Gasteiger partial charge < -0.3 is 9.32 Å². The fourth-order valence-corrected chi connectivity index (χ4v) is 8.80. The molecule has 0 N–H and O–H groups in total. The van der Waals surface area contributed by atoms with Crippen molar-refractivity contribution < 1.29 is 4.42 Å². The fraction of sp³-hybridized carbons (Fsp3) is 0. The highest BCUT2D eigenvalue weighted by Gasteiger charge is 2.21. The van der Waals surface area contributed by atoms with E-state index in [0.717, 1.165) is 66.5 Å². The molecule has 0 fully saturated rings. The number of hydrogen-bond acceptors (Lipinski definition) is 6. The van der Waals surface area contributed by atoms with Crippen LogP contribution < -0.4 is 4.90 Å². The van der Waals surface area contributed by atoms with Gasteiger partial charge in [0, 0.05) is 76.1 Å². The van der Waals surface area contributed by atoms with Gasteiger partial charge in [-0.3, -0.25) is 0 Å². The molecule has 0 radical (unpaired) electrons. The molecule has 0 aliphatic carbocycles. The number of nitrogens with zero attached hydrogens (tertiary/aromatic N) is 4. The minimum Gasteiger partial charge on any atom is -0.455 e. The van der Waals surface area contributed by atoms with Crippen molar-refractivity contribution >= 4 is 81.3 Å². The van der Waals surface area contributed by atoms with Crippen molar-refractivity contribution in [1.82, 2.24) is 15.0 Å². The largest absolute Gasteiger partial charge is 0.455 e. The topological polar surface area (TPSA) is 55.1 Å². The van der Waals surface area contributed by atoms with Gasteiger partial charge in [0.15, 0.2) is 17.5 Å². The Morgan fingerprint density at radius 3 is 1.67 bits per heavy atom. The number of benzene rings is 8. The monoisotopic (exact) mass is 722 g/mol. The van der Waals surface area contributed by atoms with Crippen LogP contribution >= 0.6 is 11.3 Å². The Morgan fingerprint density at radius 2 is 0.945 bits per heavy atom. The lowest BCUT2D eigenvalue weighted by molar-refractivity contribution is 0.673. The summed E-state index contributed by atoms with van der Waals surface area (Å²) in [7, 11) is 0. The highest BCUT2D eigenvalue weighted by Crippen LogP contribution is 2.44. The summed E-state index contributed by atoms with van der Waals surface area (Å²) >= 11 is 1.83. The van der Waals surface area contributed by atoms with Crippen molar-refractivity contribution in [2.24, 2.45) is 0 Å². The molecule has 258 valence electrons. The van der Waals surface area contributed by atoms with Crippen molar-refractivity contribution in [3.63, 3.8) is 0 Å². The lowest BCUT2D eigenvalue weighted by Gasteiger charge is -2.25. The second kappa shape index (κ2) is 12.8. The van der Waals surface area contributed by atoms with E-state index in [1.54, 1.807) is 0 Å². The van der Waals surface area contributed by atoms with E-state index in [1.165, 1.54) is 20.2 Å². The molecular weight excluding hydrogens is 693 g/mol. The molecule has 0 bridgehead atoms. The van der Waals surface area contributed by atoms with Gasteiger partial charge in [-0.2, -0.15) is 0 Å². The molecule has 3 aromatic heterocycles. The predicted octanol–water partition coefficient (Wildman–Crippen LogP) is 13.8. The molecule has 0 spiro atoms. The summed E-state index contributed by atoms with van der Waals surface area (Å²) in [6.45, 7) is 0. The van der Waals surface area contributed by atoms with Gasteiger partial charge in [0.2, 0.25) is 0 Å². The molecule has 0 aliphatic heterocycles. The summed E-state index contributed by atoms with van der Waals surface area (Å²) < 4.78 is 9.41. The van der Waals surface area contributed by atoms with E-state index in [1.807, 2.05) is 72.0 Å². The van der Waals surface area contributed by atoms with Gasteiger partial charge in [0.05, 0.1) is 0 Å². The van der Waals surface area contributed by atoms with Crippen LogP contribution in [0, 0.1) is 0 Å². The summed E-state index contributed by atoms with van der Waals surface area (Å²) in [6, 6.07) is 63.2. The molecule has 0 aliphatic rings. The SMILES string of the molecule is c1ccc(-c2nc(-c3ccccc3)nc(-c3cc4c5ccc(N(c6ccccc6)c6ccc7sc8ccccc8c7c6)cc5oc4c4ccccc34)n2)cc1. The van der Waals surface area contributed by atoms with E-state index in [2.05, 4.69) is 126 Å². The van der Waals surface area contributed by atoms with Crippen molar-refractivity contribution in [3.8, 4) is 34.2 Å². The minimum absolute atomic E-state index is 0.614. The van der Waals surface area contributed by atoms with Crippen LogP contribution in [0.25, 0.3) is 87.0 Å². The van der Waals surface area contributed by atoms with Gasteiger partial charge in [0.1, 0.15) is 11.2 Å². The molecule has 5 nitrogen and oxygen atoms in total. The predicted molar refractivity (Wildman–Crippen MR) is 228 cm³/mol. The lowest BCUT2D eigenvalue weighted by Crippen LogP contribution is -2.09. The molecular formula is C49H30N4OS. The highest BCUT2D eigenvalue weighted by atomic mass is 32.1. The zero-order valence-corrected chi connectivity index (χ0v) is 30.2. The molecule has 0 unspecified atom stereocenters. The Kier molecular flexibility index (Phi) is 7.28. The van der Waals surface area contributed by atoms with Crippen LogP contribution in [-0.2, 0) is 0 Å². The van der Waals surface area contributed by atoms with Crippen LogP contribution in [-0.4, -0.2) is 15.0 Å². The summed E-state index contributed by atoms with van der Waals surface area (Å²) in [4.78, 5) is 17.5. The number of para-hydroxylation sites is 1. The first-order valence-corrected chi connectivity index (χ1v) is 19.1. The van der Waals surface area contributed by atoms with E-state index in [4.69, 9.17) is 19.4 Å². The van der Waals surface area contributed by atoms with Gasteiger partial charge in [0.25, 0.3) is 0 Å². The van der Waals surface area contributed by atoms with Crippen LogP contribution in [0.15, 0.2) is 186 Å². The third-order valence-corrected chi connectivity index (χ3v) is 11.4. The van der Waals surface area contributed by atoms with Crippen LogP contribution in [0.1, 0.15) is 0 Å². The summed E-state index contributed by atoms with van der Waals surface area (Å²) in [5.74, 6) is 1.87. The van der Waals surface area contributed by atoms with Crippen LogP contribution in [0.4, 0.5) is 17.1 Å². The van der Waals surface area contributed by atoms with Crippen LogP contribution in [0.3, 0.4) is 0 Å². The zero-order chi connectivity index (χ0) is 36.3. The average molecular weight is 723 g/mol. The highest BCUT2D eigenvalue weighted by molar-refractivity contribution is 7.25. The van der Waals surface area contributed by atoms with Crippen LogP contribution in [0.2, 0.25) is 0 Å². The normalized spacial score (nSPS) is 11.6. The third kappa shape index (κ3) is 5.34. The van der Waals surface area contributed by atoms with Gasteiger partial charge >= 0.3 is 0 Å². The van der Waals surface area contributed by atoms with E-state index in [9.17, 15) is 0 Å². The van der Waals surface area contributed by atoms with Gasteiger partial charge in [-0.1, -0.05) is 121 Å². The first kappa shape index (κ1) is 31.4. The molecule has 0 amide bonds. The second-order valence-electron chi connectivity index (χ2n) is 13.6. The number of thiophene rings is 1. The molecule has 0 saturated heterocycles. The molecule has 3 heterocycles. The molecule has 11 rings (SSSR count). The Morgan fingerprint density at radius 1 is 0.382 bits per heavy atom. The summed E-state index contributed by atoms with van der Waals surface area (Å²) in [5, 5.41) is 6.59. The Balaban J connectivity index is 1.11. The van der Waals surface area contributed by atoms with E-state index in [-0.39, 0.29) is 0 Å². The molecule has 8 aromatic carbocycles. The number of anilines is 3. The summed E-state index contributed by atoms with van der Waals surface area (Å²) in [6.07, 6.45) is 0. The van der Waals surface area contributed by atoms with Gasteiger partial charge in [-0.25, -0.2) is 15.0 Å². The van der Waals surface area contributed by atoms with Crippen molar-refractivity contribution in [3.05, 3.63) is 182 Å². The van der Waals surface area contributed by atoms with E-state index < -0.39 is 0 Å². The number of aromatic nitrogens is 3. The standard InChI is InChI=1S/C49H30N4OS/c1-4-14-31(15-5-1)47-50-48(32-16-6-2-7-17-32)52-49(51-47)42-30-41-37-26-24-35(29-43(37)54-46(41)39-22-11-10-20-36(39)42)53(33-18-8-3-9-19-33)34-25-27-45-40(28-34)38-21-12-13-23-44(38)55-45/h1-30H. The maximum Gasteiger partial charge on any atom is 0.164 e.